The minimum atomic E-state index is -0.460. The highest BCUT2D eigenvalue weighted by atomic mass is 79.9. The van der Waals surface area contributed by atoms with E-state index >= 15 is 0 Å². The van der Waals surface area contributed by atoms with Crippen LogP contribution in [0.15, 0.2) is 24.3 Å². The molecule has 5 heteroatoms. The average molecular weight is 311 g/mol. The number of nitriles is 1. The lowest BCUT2D eigenvalue weighted by Crippen LogP contribution is -2.14. The Morgan fingerprint density at radius 1 is 1.28 bits per heavy atom. The number of amides is 1. The van der Waals surface area contributed by atoms with E-state index in [0.29, 0.717) is 17.9 Å². The van der Waals surface area contributed by atoms with Crippen molar-refractivity contribution in [1.82, 2.24) is 0 Å². The Morgan fingerprint density at radius 3 is 2.61 bits per heavy atom. The molecule has 4 nitrogen and oxygen atoms in total. The molecular formula is C13H15BrN2O2. The number of ether oxygens (including phenoxy) is 1. The summed E-state index contributed by atoms with van der Waals surface area (Å²) in [6, 6.07) is 8.65. The van der Waals surface area contributed by atoms with E-state index in [2.05, 4.69) is 21.2 Å². The number of rotatable bonds is 6. The molecule has 18 heavy (non-hydrogen) atoms. The molecule has 0 unspecified atom stereocenters. The molecule has 0 aliphatic carbocycles. The van der Waals surface area contributed by atoms with Gasteiger partial charge in [0.1, 0.15) is 0 Å². The zero-order valence-electron chi connectivity index (χ0n) is 9.99. The van der Waals surface area contributed by atoms with E-state index in [-0.39, 0.29) is 0 Å². The van der Waals surface area contributed by atoms with Gasteiger partial charge >= 0.3 is 6.09 Å². The molecule has 0 heterocycles. The van der Waals surface area contributed by atoms with Gasteiger partial charge < -0.3 is 4.74 Å². The van der Waals surface area contributed by atoms with Crippen molar-refractivity contribution < 1.29 is 9.53 Å². The fourth-order valence-corrected chi connectivity index (χ4v) is 1.72. The maximum absolute atomic E-state index is 11.4. The number of anilines is 1. The zero-order valence-corrected chi connectivity index (χ0v) is 11.6. The van der Waals surface area contributed by atoms with Crippen LogP contribution in [-0.2, 0) is 4.74 Å². The Kier molecular flexibility index (Phi) is 6.89. The molecule has 0 aliphatic rings. The van der Waals surface area contributed by atoms with E-state index in [0.717, 1.165) is 24.6 Å². The standard InChI is InChI=1S/C13H15BrN2O2/c14-8-2-1-3-9-18-13(17)16-12-6-4-11(10-15)5-7-12/h4-7H,1-3,8-9H2,(H,16,17). The van der Waals surface area contributed by atoms with Gasteiger partial charge in [-0.05, 0) is 43.5 Å². The maximum Gasteiger partial charge on any atom is 0.411 e. The molecule has 1 amide bonds. The van der Waals surface area contributed by atoms with E-state index in [1.54, 1.807) is 24.3 Å². The van der Waals surface area contributed by atoms with Crippen molar-refractivity contribution in [2.45, 2.75) is 19.3 Å². The van der Waals surface area contributed by atoms with E-state index in [9.17, 15) is 4.79 Å². The third kappa shape index (κ3) is 5.69. The highest BCUT2D eigenvalue weighted by Crippen LogP contribution is 2.09. The molecule has 1 N–H and O–H groups in total. The van der Waals surface area contributed by atoms with Crippen LogP contribution in [-0.4, -0.2) is 18.0 Å². The summed E-state index contributed by atoms with van der Waals surface area (Å²) in [6.07, 6.45) is 2.53. The molecule has 0 fully saturated rings. The molecule has 0 aliphatic heterocycles. The smallest absolute Gasteiger partial charge is 0.411 e. The number of carbonyl (C=O) groups excluding carboxylic acids is 1. The first-order valence-corrected chi connectivity index (χ1v) is 6.88. The van der Waals surface area contributed by atoms with Gasteiger partial charge in [0.15, 0.2) is 0 Å². The van der Waals surface area contributed by atoms with E-state index in [4.69, 9.17) is 10.00 Å². The van der Waals surface area contributed by atoms with Gasteiger partial charge in [-0.1, -0.05) is 15.9 Å². The number of hydrogen-bond donors (Lipinski definition) is 1. The topological polar surface area (TPSA) is 62.1 Å². The van der Waals surface area contributed by atoms with Crippen LogP contribution < -0.4 is 5.32 Å². The molecule has 0 saturated carbocycles. The number of hydrogen-bond acceptors (Lipinski definition) is 3. The molecule has 0 bridgehead atoms. The number of nitrogens with zero attached hydrogens (tertiary/aromatic N) is 1. The average Bonchev–Trinajstić information content (AvgIpc) is 2.39. The van der Waals surface area contributed by atoms with Crippen LogP contribution in [0, 0.1) is 11.3 Å². The first-order chi connectivity index (χ1) is 8.76. The molecule has 1 aromatic carbocycles. The summed E-state index contributed by atoms with van der Waals surface area (Å²) in [6.45, 7) is 0.426. The second kappa shape index (κ2) is 8.54. The normalized spacial score (nSPS) is 9.56. The number of halogens is 1. The maximum atomic E-state index is 11.4. The first kappa shape index (κ1) is 14.5. The Hall–Kier alpha value is -1.54. The van der Waals surface area contributed by atoms with Gasteiger partial charge in [0, 0.05) is 11.0 Å². The quantitative estimate of drug-likeness (QED) is 0.644. The second-order valence-corrected chi connectivity index (χ2v) is 4.49. The van der Waals surface area contributed by atoms with Gasteiger partial charge in [0.05, 0.1) is 18.2 Å². The number of alkyl halides is 1. The Balaban J connectivity index is 2.25. The summed E-state index contributed by atoms with van der Waals surface area (Å²) in [7, 11) is 0. The summed E-state index contributed by atoms with van der Waals surface area (Å²) in [4.78, 5) is 11.4. The number of carbonyl (C=O) groups is 1. The third-order valence-corrected chi connectivity index (χ3v) is 2.83. The monoisotopic (exact) mass is 310 g/mol. The summed E-state index contributed by atoms with van der Waals surface area (Å²) >= 11 is 3.34. The van der Waals surface area contributed by atoms with Crippen molar-refractivity contribution in [2.24, 2.45) is 0 Å². The Bertz CT molecular complexity index is 412. The number of benzene rings is 1. The van der Waals surface area contributed by atoms with Crippen LogP contribution >= 0.6 is 15.9 Å². The highest BCUT2D eigenvalue weighted by molar-refractivity contribution is 9.09. The highest BCUT2D eigenvalue weighted by Gasteiger charge is 2.02. The van der Waals surface area contributed by atoms with Gasteiger partial charge in [-0.3, -0.25) is 5.32 Å². The molecule has 0 atom stereocenters. The lowest BCUT2D eigenvalue weighted by atomic mass is 10.2. The summed E-state index contributed by atoms with van der Waals surface area (Å²) in [5, 5.41) is 12.2. The van der Waals surface area contributed by atoms with E-state index in [1.165, 1.54) is 0 Å². The second-order valence-electron chi connectivity index (χ2n) is 3.70. The van der Waals surface area contributed by atoms with Crippen molar-refractivity contribution >= 4 is 27.7 Å². The van der Waals surface area contributed by atoms with Crippen molar-refractivity contribution in [3.8, 4) is 6.07 Å². The number of unbranched alkanes of at least 4 members (excludes halogenated alkanes) is 2. The van der Waals surface area contributed by atoms with Gasteiger partial charge in [-0.15, -0.1) is 0 Å². The van der Waals surface area contributed by atoms with Gasteiger partial charge in [-0.25, -0.2) is 4.79 Å². The number of nitrogens with one attached hydrogen (secondary N) is 1. The van der Waals surface area contributed by atoms with Crippen LogP contribution in [0.3, 0.4) is 0 Å². The molecule has 0 radical (unpaired) electrons. The zero-order chi connectivity index (χ0) is 13.2. The van der Waals surface area contributed by atoms with Gasteiger partial charge in [0.25, 0.3) is 0 Å². The molecule has 0 aromatic heterocycles. The van der Waals surface area contributed by atoms with Crippen molar-refractivity contribution in [1.29, 1.82) is 5.26 Å². The van der Waals surface area contributed by atoms with E-state index < -0.39 is 6.09 Å². The van der Waals surface area contributed by atoms with Crippen LogP contribution in [0.5, 0.6) is 0 Å². The molecule has 96 valence electrons. The Labute approximate surface area is 115 Å². The summed E-state index contributed by atoms with van der Waals surface area (Å²) < 4.78 is 5.02. The van der Waals surface area contributed by atoms with Gasteiger partial charge in [-0.2, -0.15) is 5.26 Å². The third-order valence-electron chi connectivity index (χ3n) is 2.27. The first-order valence-electron chi connectivity index (χ1n) is 5.76. The largest absolute Gasteiger partial charge is 0.449 e. The minimum absolute atomic E-state index is 0.426. The fourth-order valence-electron chi connectivity index (χ4n) is 1.32. The van der Waals surface area contributed by atoms with Crippen LogP contribution in [0.2, 0.25) is 0 Å². The van der Waals surface area contributed by atoms with Crippen LogP contribution in [0.25, 0.3) is 0 Å². The van der Waals surface area contributed by atoms with Crippen LogP contribution in [0.4, 0.5) is 10.5 Å². The molecule has 1 rings (SSSR count). The lowest BCUT2D eigenvalue weighted by molar-refractivity contribution is 0.159. The van der Waals surface area contributed by atoms with Crippen molar-refractivity contribution in [3.05, 3.63) is 29.8 Å². The summed E-state index contributed by atoms with van der Waals surface area (Å²) in [5.74, 6) is 0. The van der Waals surface area contributed by atoms with Gasteiger partial charge in [0.2, 0.25) is 0 Å². The Morgan fingerprint density at radius 2 is 2.00 bits per heavy atom. The summed E-state index contributed by atoms with van der Waals surface area (Å²) in [5.41, 5.74) is 1.18. The fraction of sp³-hybridized carbons (Fsp3) is 0.385. The molecule has 0 saturated heterocycles. The predicted molar refractivity (Wildman–Crippen MR) is 73.8 cm³/mol. The minimum Gasteiger partial charge on any atom is -0.449 e. The van der Waals surface area contributed by atoms with Crippen molar-refractivity contribution in [2.75, 3.05) is 17.3 Å². The molecular weight excluding hydrogens is 296 g/mol. The van der Waals surface area contributed by atoms with Crippen LogP contribution in [0.1, 0.15) is 24.8 Å². The van der Waals surface area contributed by atoms with E-state index in [1.807, 2.05) is 6.07 Å². The molecule has 1 aromatic rings. The lowest BCUT2D eigenvalue weighted by Gasteiger charge is -2.06. The molecule has 0 spiro atoms. The van der Waals surface area contributed by atoms with Crippen molar-refractivity contribution in [3.63, 3.8) is 0 Å². The predicted octanol–water partition coefficient (Wildman–Crippen LogP) is 3.67. The SMILES string of the molecule is N#Cc1ccc(NC(=O)OCCCCCBr)cc1.